The Balaban J connectivity index is 1.48. The van der Waals surface area contributed by atoms with Crippen molar-refractivity contribution in [2.45, 2.75) is 25.8 Å². The summed E-state index contributed by atoms with van der Waals surface area (Å²) in [6, 6.07) is 7.85. The van der Waals surface area contributed by atoms with E-state index >= 15 is 0 Å². The third-order valence-electron chi connectivity index (χ3n) is 7.71. The summed E-state index contributed by atoms with van der Waals surface area (Å²) in [4.78, 5) is 25.4. The van der Waals surface area contributed by atoms with Crippen LogP contribution in [-0.2, 0) is 37.2 Å². The number of alkyl halides is 3. The minimum absolute atomic E-state index is 0.0221. The highest BCUT2D eigenvalue weighted by Gasteiger charge is 2.42. The summed E-state index contributed by atoms with van der Waals surface area (Å²) in [6.07, 6.45) is -1.00. The first-order valence-electron chi connectivity index (χ1n) is 14.8. The van der Waals surface area contributed by atoms with E-state index in [0.717, 1.165) is 0 Å². The van der Waals surface area contributed by atoms with Gasteiger partial charge in [0.2, 0.25) is 5.95 Å². The van der Waals surface area contributed by atoms with E-state index in [1.807, 2.05) is 0 Å². The van der Waals surface area contributed by atoms with Crippen LogP contribution in [-0.4, -0.2) is 71.2 Å². The van der Waals surface area contributed by atoms with Crippen LogP contribution in [0.25, 0.3) is 11.3 Å². The largest absolute Gasteiger partial charge is 0.495 e. The van der Waals surface area contributed by atoms with E-state index in [4.69, 9.17) is 18.5 Å². The summed E-state index contributed by atoms with van der Waals surface area (Å²) in [5.41, 5.74) is -0.124. The van der Waals surface area contributed by atoms with E-state index in [0.29, 0.717) is 48.5 Å². The molecule has 8 bridgehead atoms. The number of carbonyl (C=O) groups is 1. The average Bonchev–Trinajstić information content (AvgIpc) is 3.50. The number of aromatic nitrogens is 5. The van der Waals surface area contributed by atoms with Gasteiger partial charge in [0.25, 0.3) is 5.91 Å². The molecule has 48 heavy (non-hydrogen) atoms. The van der Waals surface area contributed by atoms with E-state index in [1.54, 1.807) is 48.3 Å². The Morgan fingerprint density at radius 2 is 1.92 bits per heavy atom. The van der Waals surface area contributed by atoms with E-state index in [2.05, 4.69) is 36.0 Å². The maximum absolute atomic E-state index is 14.1. The number of pyridine rings is 1. The number of rotatable bonds is 4. The number of amides is 1. The number of methoxy groups -OCH3 is 1. The summed E-state index contributed by atoms with van der Waals surface area (Å²) < 4.78 is 80.7. The van der Waals surface area contributed by atoms with Gasteiger partial charge in [-0.15, -0.1) is 0 Å². The topological polar surface area (TPSA) is 164 Å². The SMILES string of the molecule is CCOP1(=O)Cc2ccc(c(OC)c2)Nc2ncc(C(F)(F)F)c(n2)Nc2ccc(nc2C(=O)NC)-c2cnn(c2)CC2(COC2)CO1. The van der Waals surface area contributed by atoms with Crippen molar-refractivity contribution < 1.29 is 41.1 Å². The van der Waals surface area contributed by atoms with Crippen molar-refractivity contribution in [2.24, 2.45) is 5.41 Å². The molecule has 14 nitrogen and oxygen atoms in total. The molecule has 0 radical (unpaired) electrons. The number of benzene rings is 1. The number of halogens is 3. The second-order valence-electron chi connectivity index (χ2n) is 11.3. The molecule has 254 valence electrons. The second-order valence-corrected chi connectivity index (χ2v) is 13.3. The van der Waals surface area contributed by atoms with Gasteiger partial charge in [0, 0.05) is 25.0 Å². The number of hydrogen-bond acceptors (Lipinski definition) is 12. The van der Waals surface area contributed by atoms with Crippen LogP contribution >= 0.6 is 7.60 Å². The standard InChI is InChI=1S/C30H32F3N8O6P/c1-4-46-48(43)13-18-5-6-22(24(9-18)44-3)39-28-35-11-20(30(31,32)33)26(40-28)38-23-8-7-21(37-25(23)27(42)34-2)19-10-36-41(12-19)14-29(17-47-48)15-45-16-29/h5-12H,4,13-17H2,1-3H3,(H,34,42)(H2,35,38,39,40). The van der Waals surface area contributed by atoms with Crippen LogP contribution in [0.1, 0.15) is 28.5 Å². The van der Waals surface area contributed by atoms with Gasteiger partial charge in [0.05, 0.1) is 74.9 Å². The number of hydrogen-bond donors (Lipinski definition) is 3. The Labute approximate surface area is 272 Å². The first-order valence-corrected chi connectivity index (χ1v) is 16.5. The lowest BCUT2D eigenvalue weighted by Crippen LogP contribution is -2.49. The lowest BCUT2D eigenvalue weighted by Gasteiger charge is -2.41. The molecule has 3 aromatic heterocycles. The van der Waals surface area contributed by atoms with E-state index in [-0.39, 0.29) is 42.5 Å². The number of nitrogens with one attached hydrogen (secondary N) is 3. The van der Waals surface area contributed by atoms with Gasteiger partial charge in [-0.1, -0.05) is 6.07 Å². The molecule has 3 N–H and O–H groups in total. The van der Waals surface area contributed by atoms with Crippen molar-refractivity contribution in [1.29, 1.82) is 0 Å². The Morgan fingerprint density at radius 3 is 2.60 bits per heavy atom. The third-order valence-corrected chi connectivity index (χ3v) is 9.64. The molecule has 9 rings (SSSR count). The van der Waals surface area contributed by atoms with Gasteiger partial charge in [-0.05, 0) is 36.8 Å². The van der Waals surface area contributed by atoms with Gasteiger partial charge < -0.3 is 34.5 Å². The highest BCUT2D eigenvalue weighted by molar-refractivity contribution is 7.53. The van der Waals surface area contributed by atoms with Gasteiger partial charge in [0.1, 0.15) is 17.1 Å². The summed E-state index contributed by atoms with van der Waals surface area (Å²) in [5, 5.41) is 12.5. The smallest absolute Gasteiger partial charge is 0.421 e. The molecule has 1 spiro atoms. The van der Waals surface area contributed by atoms with E-state index in [1.165, 1.54) is 20.2 Å². The molecule has 1 saturated heterocycles. The summed E-state index contributed by atoms with van der Waals surface area (Å²) in [6.45, 7) is 2.96. The molecule has 1 atom stereocenters. The number of carbonyl (C=O) groups excluding carboxylic acids is 1. The molecule has 0 aliphatic carbocycles. The van der Waals surface area contributed by atoms with Gasteiger partial charge in [-0.3, -0.25) is 14.0 Å². The molecule has 1 unspecified atom stereocenters. The normalized spacial score (nSPS) is 19.0. The zero-order valence-corrected chi connectivity index (χ0v) is 27.0. The molecule has 1 aromatic carbocycles. The zero-order valence-electron chi connectivity index (χ0n) is 26.1. The van der Waals surface area contributed by atoms with Crippen LogP contribution in [0.2, 0.25) is 0 Å². The first kappa shape index (κ1) is 33.3. The monoisotopic (exact) mass is 688 g/mol. The van der Waals surface area contributed by atoms with Gasteiger partial charge in [-0.2, -0.15) is 23.3 Å². The maximum atomic E-state index is 14.1. The van der Waals surface area contributed by atoms with Crippen molar-refractivity contribution in [1.82, 2.24) is 30.0 Å². The van der Waals surface area contributed by atoms with Gasteiger partial charge >= 0.3 is 13.8 Å². The molecule has 18 heteroatoms. The maximum Gasteiger partial charge on any atom is 0.421 e. The zero-order chi connectivity index (χ0) is 34.1. The summed E-state index contributed by atoms with van der Waals surface area (Å²) in [5.74, 6) is -1.19. The first-order chi connectivity index (χ1) is 22.9. The fourth-order valence-corrected chi connectivity index (χ4v) is 7.03. The van der Waals surface area contributed by atoms with Gasteiger partial charge in [0.15, 0.2) is 5.69 Å². The number of anilines is 4. The quantitative estimate of drug-likeness (QED) is 0.235. The molecule has 4 aromatic rings. The van der Waals surface area contributed by atoms with Crippen molar-refractivity contribution in [3.05, 3.63) is 65.7 Å². The van der Waals surface area contributed by atoms with Crippen LogP contribution in [0.4, 0.5) is 36.3 Å². The Bertz CT molecular complexity index is 1880. The number of nitrogens with zero attached hydrogens (tertiary/aromatic N) is 5. The molecule has 5 aliphatic heterocycles. The molecule has 1 fully saturated rings. The highest BCUT2D eigenvalue weighted by Crippen LogP contribution is 2.53. The van der Waals surface area contributed by atoms with E-state index < -0.39 is 36.5 Å². The molecular formula is C30H32F3N8O6P. The van der Waals surface area contributed by atoms with Crippen LogP contribution in [0.15, 0.2) is 48.9 Å². The Kier molecular flexibility index (Phi) is 9.13. The van der Waals surface area contributed by atoms with Crippen molar-refractivity contribution in [3.63, 3.8) is 0 Å². The predicted octanol–water partition coefficient (Wildman–Crippen LogP) is 5.39. The Morgan fingerprint density at radius 1 is 1.12 bits per heavy atom. The molecule has 5 aliphatic rings. The molecule has 1 amide bonds. The van der Waals surface area contributed by atoms with Crippen LogP contribution in [0.5, 0.6) is 5.75 Å². The molecule has 0 saturated carbocycles. The van der Waals surface area contributed by atoms with Crippen LogP contribution in [0, 0.1) is 5.41 Å². The Hall–Kier alpha value is -4.57. The van der Waals surface area contributed by atoms with Crippen molar-refractivity contribution in [2.75, 3.05) is 51.2 Å². The lowest BCUT2D eigenvalue weighted by atomic mass is 9.87. The van der Waals surface area contributed by atoms with Crippen molar-refractivity contribution >= 4 is 36.6 Å². The summed E-state index contributed by atoms with van der Waals surface area (Å²) >= 11 is 0. The summed E-state index contributed by atoms with van der Waals surface area (Å²) in [7, 11) is -0.875. The van der Waals surface area contributed by atoms with Crippen molar-refractivity contribution in [3.8, 4) is 17.0 Å². The second kappa shape index (κ2) is 13.1. The molecular weight excluding hydrogens is 656 g/mol. The minimum Gasteiger partial charge on any atom is -0.495 e. The fourth-order valence-electron chi connectivity index (χ4n) is 5.26. The third kappa shape index (κ3) is 6.99. The average molecular weight is 689 g/mol. The minimum atomic E-state index is -4.83. The van der Waals surface area contributed by atoms with Crippen LogP contribution < -0.4 is 20.7 Å². The number of ether oxygens (including phenoxy) is 2. The predicted molar refractivity (Wildman–Crippen MR) is 168 cm³/mol. The molecule has 8 heterocycles. The fraction of sp³-hybridized carbons (Fsp3) is 0.367. The highest BCUT2D eigenvalue weighted by atomic mass is 31.2. The lowest BCUT2D eigenvalue weighted by molar-refractivity contribution is -0.142. The van der Waals surface area contributed by atoms with Gasteiger partial charge in [-0.25, -0.2) is 9.97 Å². The van der Waals surface area contributed by atoms with Crippen LogP contribution in [0.3, 0.4) is 0 Å². The van der Waals surface area contributed by atoms with E-state index in [9.17, 15) is 22.5 Å².